The Labute approximate surface area is 121 Å². The van der Waals surface area contributed by atoms with Crippen LogP contribution in [0.15, 0.2) is 17.0 Å². The lowest BCUT2D eigenvalue weighted by atomic mass is 10.1. The molecule has 1 unspecified atom stereocenters. The lowest BCUT2D eigenvalue weighted by molar-refractivity contribution is 0.171. The van der Waals surface area contributed by atoms with Crippen LogP contribution in [0.1, 0.15) is 30.9 Å². The molecule has 0 bridgehead atoms. The normalized spacial score (nSPS) is 13.4. The van der Waals surface area contributed by atoms with Crippen LogP contribution in [0.4, 0.5) is 5.69 Å². The molecule has 20 heavy (non-hydrogen) atoms. The first-order valence-electron chi connectivity index (χ1n) is 6.70. The molecule has 1 aromatic carbocycles. The number of ether oxygens (including phenoxy) is 1. The Hall–Kier alpha value is -1.11. The van der Waals surface area contributed by atoms with Crippen molar-refractivity contribution in [2.75, 3.05) is 19.5 Å². The van der Waals surface area contributed by atoms with Gasteiger partial charge in [0, 0.05) is 18.8 Å². The minimum atomic E-state index is -3.60. The molecule has 114 valence electrons. The summed E-state index contributed by atoms with van der Waals surface area (Å²) in [6, 6.07) is 3.22. The highest BCUT2D eigenvalue weighted by Gasteiger charge is 2.24. The second kappa shape index (κ2) is 7.06. The fourth-order valence-corrected chi connectivity index (χ4v) is 4.02. The lowest BCUT2D eigenvalue weighted by Gasteiger charge is -2.19. The fraction of sp³-hybridized carbons (Fsp3) is 0.571. The number of sulfonamides is 1. The monoisotopic (exact) mass is 300 g/mol. The lowest BCUT2D eigenvalue weighted by Crippen LogP contribution is -2.38. The van der Waals surface area contributed by atoms with Gasteiger partial charge in [0.05, 0.1) is 11.5 Å². The summed E-state index contributed by atoms with van der Waals surface area (Å²) in [7, 11) is -2.03. The Bertz CT molecular complexity index is 550. The van der Waals surface area contributed by atoms with E-state index in [2.05, 4.69) is 4.72 Å². The number of anilines is 1. The van der Waals surface area contributed by atoms with Crippen LogP contribution in [-0.4, -0.2) is 28.2 Å². The van der Waals surface area contributed by atoms with Gasteiger partial charge in [-0.1, -0.05) is 19.4 Å². The Kier molecular flexibility index (Phi) is 5.98. The number of nitrogens with two attached hydrogens (primary N) is 1. The first-order chi connectivity index (χ1) is 9.33. The number of methoxy groups -OCH3 is 1. The molecule has 6 heteroatoms. The maximum absolute atomic E-state index is 12.6. The van der Waals surface area contributed by atoms with Crippen molar-refractivity contribution in [2.24, 2.45) is 0 Å². The Morgan fingerprint density at radius 3 is 2.55 bits per heavy atom. The zero-order chi connectivity index (χ0) is 15.3. The van der Waals surface area contributed by atoms with Crippen LogP contribution >= 0.6 is 0 Å². The second-order valence-corrected chi connectivity index (χ2v) is 6.64. The molecule has 0 radical (unpaired) electrons. The number of hydrogen-bond acceptors (Lipinski definition) is 4. The van der Waals surface area contributed by atoms with Crippen molar-refractivity contribution < 1.29 is 13.2 Å². The Morgan fingerprint density at radius 2 is 2.00 bits per heavy atom. The SMILES string of the molecule is CCCC(COC)NS(=O)(=O)c1c(C)ccc(N)c1C. The first kappa shape index (κ1) is 16.9. The van der Waals surface area contributed by atoms with Crippen molar-refractivity contribution in [1.82, 2.24) is 4.72 Å². The van der Waals surface area contributed by atoms with E-state index in [4.69, 9.17) is 10.5 Å². The maximum Gasteiger partial charge on any atom is 0.241 e. The van der Waals surface area contributed by atoms with Crippen molar-refractivity contribution in [3.8, 4) is 0 Å². The van der Waals surface area contributed by atoms with Crippen LogP contribution in [0.3, 0.4) is 0 Å². The summed E-state index contributed by atoms with van der Waals surface area (Å²) in [5.74, 6) is 0. The van der Waals surface area contributed by atoms with Gasteiger partial charge in [-0.25, -0.2) is 13.1 Å². The van der Waals surface area contributed by atoms with Crippen LogP contribution in [-0.2, 0) is 14.8 Å². The molecule has 5 nitrogen and oxygen atoms in total. The molecule has 0 aliphatic heterocycles. The molecular weight excluding hydrogens is 276 g/mol. The summed E-state index contributed by atoms with van der Waals surface area (Å²) in [5, 5.41) is 0. The van der Waals surface area contributed by atoms with Crippen LogP contribution in [0.25, 0.3) is 0 Å². The van der Waals surface area contributed by atoms with E-state index >= 15 is 0 Å². The standard InChI is InChI=1S/C14H24N2O3S/c1-5-6-12(9-19-4)16-20(17,18)14-10(2)7-8-13(15)11(14)3/h7-8,12,16H,5-6,9,15H2,1-4H3. The van der Waals surface area contributed by atoms with Crippen LogP contribution in [0, 0.1) is 13.8 Å². The molecule has 0 saturated carbocycles. The van der Waals surface area contributed by atoms with E-state index in [0.717, 1.165) is 12.8 Å². The summed E-state index contributed by atoms with van der Waals surface area (Å²) in [4.78, 5) is 0.273. The second-order valence-electron chi connectivity index (χ2n) is 4.99. The minimum absolute atomic E-state index is 0.227. The number of nitrogen functional groups attached to an aromatic ring is 1. The third-order valence-corrected chi connectivity index (χ3v) is 5.05. The Balaban J connectivity index is 3.13. The third-order valence-electron chi connectivity index (χ3n) is 3.24. The summed E-state index contributed by atoms with van der Waals surface area (Å²) in [5.41, 5.74) is 7.58. The molecule has 0 saturated heterocycles. The molecule has 0 aliphatic carbocycles. The summed E-state index contributed by atoms with van der Waals surface area (Å²) >= 11 is 0. The fourth-order valence-electron chi connectivity index (χ4n) is 2.26. The number of benzene rings is 1. The van der Waals surface area contributed by atoms with Gasteiger partial charge in [-0.2, -0.15) is 0 Å². The van der Waals surface area contributed by atoms with Gasteiger partial charge in [-0.05, 0) is 37.5 Å². The largest absolute Gasteiger partial charge is 0.398 e. The average molecular weight is 300 g/mol. The van der Waals surface area contributed by atoms with Crippen molar-refractivity contribution in [1.29, 1.82) is 0 Å². The predicted octanol–water partition coefficient (Wildman–Crippen LogP) is 1.98. The third kappa shape index (κ3) is 3.94. The van der Waals surface area contributed by atoms with E-state index in [1.165, 1.54) is 0 Å². The van der Waals surface area contributed by atoms with Crippen molar-refractivity contribution in [2.45, 2.75) is 44.6 Å². The molecule has 1 rings (SSSR count). The molecule has 0 heterocycles. The first-order valence-corrected chi connectivity index (χ1v) is 8.18. The molecular formula is C14H24N2O3S. The van der Waals surface area contributed by atoms with Crippen molar-refractivity contribution in [3.05, 3.63) is 23.3 Å². The number of aryl methyl sites for hydroxylation is 1. The molecule has 3 N–H and O–H groups in total. The molecule has 1 atom stereocenters. The zero-order valence-electron chi connectivity index (χ0n) is 12.6. The van der Waals surface area contributed by atoms with Gasteiger partial charge in [0.2, 0.25) is 10.0 Å². The van der Waals surface area contributed by atoms with E-state index < -0.39 is 10.0 Å². The smallest absolute Gasteiger partial charge is 0.241 e. The molecule has 1 aromatic rings. The van der Waals surface area contributed by atoms with Crippen LogP contribution < -0.4 is 10.5 Å². The number of rotatable bonds is 7. The summed E-state index contributed by atoms with van der Waals surface area (Å²) < 4.78 is 32.9. The maximum atomic E-state index is 12.6. The van der Waals surface area contributed by atoms with Gasteiger partial charge >= 0.3 is 0 Å². The van der Waals surface area contributed by atoms with Crippen LogP contribution in [0.5, 0.6) is 0 Å². The van der Waals surface area contributed by atoms with Gasteiger partial charge in [-0.15, -0.1) is 0 Å². The van der Waals surface area contributed by atoms with E-state index in [1.54, 1.807) is 33.1 Å². The predicted molar refractivity (Wildman–Crippen MR) is 81.2 cm³/mol. The highest BCUT2D eigenvalue weighted by molar-refractivity contribution is 7.89. The molecule has 0 aliphatic rings. The zero-order valence-corrected chi connectivity index (χ0v) is 13.4. The van der Waals surface area contributed by atoms with Crippen molar-refractivity contribution >= 4 is 15.7 Å². The van der Waals surface area contributed by atoms with Gasteiger partial charge in [0.25, 0.3) is 0 Å². The van der Waals surface area contributed by atoms with Gasteiger partial charge in [-0.3, -0.25) is 0 Å². The highest BCUT2D eigenvalue weighted by atomic mass is 32.2. The van der Waals surface area contributed by atoms with E-state index in [0.29, 0.717) is 23.4 Å². The number of hydrogen-bond donors (Lipinski definition) is 2. The van der Waals surface area contributed by atoms with Gasteiger partial charge in [0.1, 0.15) is 0 Å². The minimum Gasteiger partial charge on any atom is -0.398 e. The van der Waals surface area contributed by atoms with Gasteiger partial charge < -0.3 is 10.5 Å². The molecule has 0 amide bonds. The van der Waals surface area contributed by atoms with E-state index in [-0.39, 0.29) is 10.9 Å². The summed E-state index contributed by atoms with van der Waals surface area (Å²) in [6.45, 7) is 5.86. The van der Waals surface area contributed by atoms with E-state index in [1.807, 2.05) is 6.92 Å². The number of nitrogens with one attached hydrogen (secondary N) is 1. The summed E-state index contributed by atoms with van der Waals surface area (Å²) in [6.07, 6.45) is 1.61. The topological polar surface area (TPSA) is 81.4 Å². The highest BCUT2D eigenvalue weighted by Crippen LogP contribution is 2.25. The van der Waals surface area contributed by atoms with Crippen LogP contribution in [0.2, 0.25) is 0 Å². The van der Waals surface area contributed by atoms with E-state index in [9.17, 15) is 8.42 Å². The molecule has 0 spiro atoms. The quantitative estimate of drug-likeness (QED) is 0.754. The van der Waals surface area contributed by atoms with Crippen molar-refractivity contribution in [3.63, 3.8) is 0 Å². The molecule has 0 aromatic heterocycles. The van der Waals surface area contributed by atoms with Gasteiger partial charge in [0.15, 0.2) is 0 Å². The average Bonchev–Trinajstić information content (AvgIpc) is 2.34. The Morgan fingerprint density at radius 1 is 1.35 bits per heavy atom. The molecule has 0 fully saturated rings.